The van der Waals surface area contributed by atoms with Crippen molar-refractivity contribution in [3.05, 3.63) is 29.8 Å². The van der Waals surface area contributed by atoms with Crippen molar-refractivity contribution in [1.29, 1.82) is 0 Å². The topological polar surface area (TPSA) is 55.4 Å². The molecule has 0 saturated carbocycles. The average Bonchev–Trinajstić information content (AvgIpc) is 2.25. The van der Waals surface area contributed by atoms with Gasteiger partial charge in [-0.25, -0.2) is 8.42 Å². The normalized spacial score (nSPS) is 25.6. The molecule has 5 heteroatoms. The minimum atomic E-state index is -3.01. The number of hydrogen-bond acceptors (Lipinski definition) is 4. The van der Waals surface area contributed by atoms with Gasteiger partial charge in [0.25, 0.3) is 0 Å². The first-order valence-corrected chi connectivity index (χ1v) is 7.75. The molecule has 0 spiro atoms. The fourth-order valence-corrected chi connectivity index (χ4v) is 4.54. The third kappa shape index (κ3) is 3.03. The number of rotatable bonds is 2. The standard InChI is InChI=1S/C13H19NO3S/c1-13(2)9-18(15,16)8-12(14-13)10-5-4-6-11(7-10)17-3/h4-7,12,14H,8-9H2,1-3H3. The van der Waals surface area contributed by atoms with Gasteiger partial charge >= 0.3 is 0 Å². The highest BCUT2D eigenvalue weighted by atomic mass is 32.2. The Kier molecular flexibility index (Phi) is 3.38. The van der Waals surface area contributed by atoms with Crippen LogP contribution >= 0.6 is 0 Å². The van der Waals surface area contributed by atoms with Crippen molar-refractivity contribution in [2.75, 3.05) is 18.6 Å². The van der Waals surface area contributed by atoms with Crippen LogP contribution in [0.2, 0.25) is 0 Å². The predicted octanol–water partition coefficient (Wildman–Crippen LogP) is 1.53. The van der Waals surface area contributed by atoms with Crippen LogP contribution in [0.5, 0.6) is 5.75 Å². The van der Waals surface area contributed by atoms with Gasteiger partial charge < -0.3 is 10.1 Å². The van der Waals surface area contributed by atoms with Crippen LogP contribution in [-0.4, -0.2) is 32.6 Å². The summed E-state index contributed by atoms with van der Waals surface area (Å²) in [6.45, 7) is 3.83. The first-order valence-electron chi connectivity index (χ1n) is 5.93. The van der Waals surface area contributed by atoms with E-state index >= 15 is 0 Å². The molecule has 0 bridgehead atoms. The second kappa shape index (κ2) is 4.55. The lowest BCUT2D eigenvalue weighted by Gasteiger charge is -2.37. The third-order valence-corrected chi connectivity index (χ3v) is 5.07. The van der Waals surface area contributed by atoms with Gasteiger partial charge in [0.1, 0.15) is 5.75 Å². The number of hydrogen-bond donors (Lipinski definition) is 1. The van der Waals surface area contributed by atoms with E-state index in [2.05, 4.69) is 5.32 Å². The van der Waals surface area contributed by atoms with Crippen LogP contribution in [0.4, 0.5) is 0 Å². The first kappa shape index (κ1) is 13.4. The van der Waals surface area contributed by atoms with Crippen molar-refractivity contribution in [2.24, 2.45) is 0 Å². The van der Waals surface area contributed by atoms with Crippen LogP contribution in [0, 0.1) is 0 Å². The summed E-state index contributed by atoms with van der Waals surface area (Å²) < 4.78 is 29.0. The minimum Gasteiger partial charge on any atom is -0.497 e. The molecule has 100 valence electrons. The van der Waals surface area contributed by atoms with E-state index in [1.165, 1.54) is 0 Å². The molecule has 0 radical (unpaired) electrons. The maximum Gasteiger partial charge on any atom is 0.153 e. The minimum absolute atomic E-state index is 0.142. The van der Waals surface area contributed by atoms with E-state index in [4.69, 9.17) is 4.74 Å². The summed E-state index contributed by atoms with van der Waals surface area (Å²) in [4.78, 5) is 0. The molecule has 0 amide bonds. The lowest BCUT2D eigenvalue weighted by Crippen LogP contribution is -2.54. The zero-order valence-corrected chi connectivity index (χ0v) is 11.8. The molecule has 1 aromatic rings. The second-order valence-electron chi connectivity index (χ2n) is 5.41. The Hall–Kier alpha value is -1.07. The van der Waals surface area contributed by atoms with Crippen LogP contribution in [0.3, 0.4) is 0 Å². The Morgan fingerprint density at radius 2 is 2.11 bits per heavy atom. The summed E-state index contributed by atoms with van der Waals surface area (Å²) in [7, 11) is -1.41. The molecule has 1 N–H and O–H groups in total. The van der Waals surface area contributed by atoms with E-state index in [-0.39, 0.29) is 17.5 Å². The lowest BCUT2D eigenvalue weighted by molar-refractivity contribution is 0.358. The second-order valence-corrected chi connectivity index (χ2v) is 7.52. The molecule has 2 rings (SSSR count). The summed E-state index contributed by atoms with van der Waals surface area (Å²) >= 11 is 0. The van der Waals surface area contributed by atoms with E-state index < -0.39 is 15.4 Å². The first-order chi connectivity index (χ1) is 8.31. The van der Waals surface area contributed by atoms with Crippen LogP contribution in [-0.2, 0) is 9.84 Å². The molecule has 1 unspecified atom stereocenters. The van der Waals surface area contributed by atoms with Gasteiger partial charge in [-0.15, -0.1) is 0 Å². The Morgan fingerprint density at radius 3 is 2.72 bits per heavy atom. The predicted molar refractivity (Wildman–Crippen MR) is 71.6 cm³/mol. The molecule has 0 aliphatic carbocycles. The zero-order valence-electron chi connectivity index (χ0n) is 10.9. The van der Waals surface area contributed by atoms with Gasteiger partial charge in [-0.1, -0.05) is 12.1 Å². The zero-order chi connectivity index (χ0) is 13.4. The number of ether oxygens (including phenoxy) is 1. The van der Waals surface area contributed by atoms with E-state index in [0.29, 0.717) is 0 Å². The van der Waals surface area contributed by atoms with Crippen molar-refractivity contribution >= 4 is 9.84 Å². The van der Waals surface area contributed by atoms with Gasteiger partial charge in [-0.05, 0) is 31.5 Å². The number of benzene rings is 1. The van der Waals surface area contributed by atoms with Crippen LogP contribution in [0.15, 0.2) is 24.3 Å². The van der Waals surface area contributed by atoms with Crippen LogP contribution in [0.25, 0.3) is 0 Å². The van der Waals surface area contributed by atoms with E-state index in [1.807, 2.05) is 38.1 Å². The van der Waals surface area contributed by atoms with Crippen molar-refractivity contribution in [3.8, 4) is 5.75 Å². The van der Waals surface area contributed by atoms with Crippen molar-refractivity contribution in [1.82, 2.24) is 5.32 Å². The summed E-state index contributed by atoms with van der Waals surface area (Å²) in [5.41, 5.74) is 0.552. The fraction of sp³-hybridized carbons (Fsp3) is 0.538. The average molecular weight is 269 g/mol. The molecule has 18 heavy (non-hydrogen) atoms. The van der Waals surface area contributed by atoms with Crippen molar-refractivity contribution in [3.63, 3.8) is 0 Å². The highest BCUT2D eigenvalue weighted by Crippen LogP contribution is 2.27. The molecular formula is C13H19NO3S. The summed E-state index contributed by atoms with van der Waals surface area (Å²) in [5, 5.41) is 3.38. The van der Waals surface area contributed by atoms with Gasteiger partial charge in [0.15, 0.2) is 9.84 Å². The largest absolute Gasteiger partial charge is 0.497 e. The number of nitrogens with one attached hydrogen (secondary N) is 1. The molecule has 1 aliphatic rings. The Bertz CT molecular complexity index is 537. The van der Waals surface area contributed by atoms with Gasteiger partial charge in [-0.3, -0.25) is 0 Å². The number of methoxy groups -OCH3 is 1. The molecule has 1 atom stereocenters. The molecule has 1 heterocycles. The SMILES string of the molecule is COc1cccc(C2CS(=O)(=O)CC(C)(C)N2)c1. The van der Waals surface area contributed by atoms with E-state index in [0.717, 1.165) is 11.3 Å². The van der Waals surface area contributed by atoms with Gasteiger partial charge in [0.05, 0.1) is 18.6 Å². The van der Waals surface area contributed by atoms with Crippen molar-refractivity contribution in [2.45, 2.75) is 25.4 Å². The molecule has 0 aromatic heterocycles. The van der Waals surface area contributed by atoms with Crippen LogP contribution in [0.1, 0.15) is 25.5 Å². The van der Waals surface area contributed by atoms with Gasteiger partial charge in [-0.2, -0.15) is 0 Å². The maximum absolute atomic E-state index is 11.9. The lowest BCUT2D eigenvalue weighted by atomic mass is 10.0. The molecular weight excluding hydrogens is 250 g/mol. The Balaban J connectivity index is 2.32. The molecule has 1 saturated heterocycles. The van der Waals surface area contributed by atoms with Crippen molar-refractivity contribution < 1.29 is 13.2 Å². The highest BCUT2D eigenvalue weighted by Gasteiger charge is 2.36. The smallest absolute Gasteiger partial charge is 0.153 e. The highest BCUT2D eigenvalue weighted by molar-refractivity contribution is 7.91. The molecule has 4 nitrogen and oxygen atoms in total. The summed E-state index contributed by atoms with van der Waals surface area (Å²) in [6, 6.07) is 7.37. The molecule has 1 aromatic carbocycles. The molecule has 1 fully saturated rings. The summed E-state index contributed by atoms with van der Waals surface area (Å²) in [6.07, 6.45) is 0. The summed E-state index contributed by atoms with van der Waals surface area (Å²) in [5.74, 6) is 1.07. The van der Waals surface area contributed by atoms with Gasteiger partial charge in [0, 0.05) is 11.6 Å². The maximum atomic E-state index is 11.9. The number of sulfone groups is 1. The quantitative estimate of drug-likeness (QED) is 0.884. The third-order valence-electron chi connectivity index (χ3n) is 3.06. The van der Waals surface area contributed by atoms with E-state index in [9.17, 15) is 8.42 Å². The van der Waals surface area contributed by atoms with Gasteiger partial charge in [0.2, 0.25) is 0 Å². The fourth-order valence-electron chi connectivity index (χ4n) is 2.46. The molecule has 1 aliphatic heterocycles. The van der Waals surface area contributed by atoms with E-state index in [1.54, 1.807) is 7.11 Å². The monoisotopic (exact) mass is 269 g/mol. The van der Waals surface area contributed by atoms with Crippen LogP contribution < -0.4 is 10.1 Å². The Labute approximate surface area is 108 Å². The Morgan fingerprint density at radius 1 is 1.39 bits per heavy atom.